The smallest absolute Gasteiger partial charge is 0.284 e. The Hall–Kier alpha value is -3.04. The molecule has 0 spiro atoms. The van der Waals surface area contributed by atoms with Gasteiger partial charge in [0, 0.05) is 17.7 Å². The highest BCUT2D eigenvalue weighted by molar-refractivity contribution is 7.92. The number of amides is 1. The molecule has 154 valence electrons. The van der Waals surface area contributed by atoms with E-state index in [1.54, 1.807) is 60.0 Å². The molecule has 0 bridgehead atoms. The van der Waals surface area contributed by atoms with Crippen molar-refractivity contribution in [3.8, 4) is 0 Å². The van der Waals surface area contributed by atoms with E-state index < -0.39 is 21.9 Å². The Balaban J connectivity index is 1.68. The van der Waals surface area contributed by atoms with Gasteiger partial charge in [0.05, 0.1) is 22.9 Å². The molecule has 4 rings (SSSR count). The van der Waals surface area contributed by atoms with Crippen LogP contribution >= 0.6 is 11.3 Å². The maximum absolute atomic E-state index is 14.5. The fourth-order valence-electron chi connectivity index (χ4n) is 3.32. The molecule has 6 nitrogen and oxygen atoms in total. The van der Waals surface area contributed by atoms with Crippen molar-refractivity contribution in [2.24, 2.45) is 5.10 Å². The summed E-state index contributed by atoms with van der Waals surface area (Å²) < 4.78 is 39.7. The van der Waals surface area contributed by atoms with E-state index in [1.165, 1.54) is 22.4 Å². The summed E-state index contributed by atoms with van der Waals surface area (Å²) in [5.74, 6) is -0.681. The molecule has 0 aliphatic carbocycles. The molecule has 1 aliphatic heterocycles. The molecule has 0 radical (unpaired) electrons. The summed E-state index contributed by atoms with van der Waals surface area (Å²) in [6, 6.07) is 16.0. The van der Waals surface area contributed by atoms with Crippen LogP contribution in [0.15, 0.2) is 71.1 Å². The zero-order valence-electron chi connectivity index (χ0n) is 15.9. The zero-order chi connectivity index (χ0) is 21.3. The molecule has 1 atom stereocenters. The zero-order valence-corrected chi connectivity index (χ0v) is 17.6. The molecular formula is C21H18FN3O3S2. The van der Waals surface area contributed by atoms with E-state index in [0.29, 0.717) is 28.3 Å². The SMILES string of the molecule is CS(=O)(=O)Nc1ccc(C2=NN(C(=O)c3cccs3)C(c3ccccc3F)C2)cc1. The minimum Gasteiger partial charge on any atom is -0.284 e. The first kappa shape index (κ1) is 20.2. The molecule has 30 heavy (non-hydrogen) atoms. The number of hydrogen-bond acceptors (Lipinski definition) is 5. The standard InChI is InChI=1S/C21H18FN3O3S2/c1-30(27,28)24-15-10-8-14(9-11-15)18-13-19(16-5-2-3-6-17(16)22)25(23-18)21(26)20-7-4-12-29-20/h2-12,19,24H,13H2,1H3. The Morgan fingerprint density at radius 1 is 1.13 bits per heavy atom. The summed E-state index contributed by atoms with van der Waals surface area (Å²) in [6.07, 6.45) is 1.42. The first-order valence-electron chi connectivity index (χ1n) is 9.09. The molecule has 0 saturated carbocycles. The number of nitrogens with zero attached hydrogens (tertiary/aromatic N) is 2. The minimum absolute atomic E-state index is 0.288. The van der Waals surface area contributed by atoms with Gasteiger partial charge < -0.3 is 0 Å². The quantitative estimate of drug-likeness (QED) is 0.640. The van der Waals surface area contributed by atoms with Crippen molar-refractivity contribution in [2.75, 3.05) is 11.0 Å². The molecule has 3 aromatic rings. The molecule has 1 aliphatic rings. The van der Waals surface area contributed by atoms with Gasteiger partial charge in [-0.05, 0) is 35.2 Å². The maximum atomic E-state index is 14.5. The second kappa shape index (κ2) is 8.00. The van der Waals surface area contributed by atoms with Crippen LogP contribution in [0.3, 0.4) is 0 Å². The van der Waals surface area contributed by atoms with E-state index >= 15 is 0 Å². The fourth-order valence-corrected chi connectivity index (χ4v) is 4.54. The van der Waals surface area contributed by atoms with Gasteiger partial charge in [-0.15, -0.1) is 11.3 Å². The van der Waals surface area contributed by atoms with E-state index in [4.69, 9.17) is 0 Å². The number of anilines is 1. The monoisotopic (exact) mass is 443 g/mol. The van der Waals surface area contributed by atoms with Gasteiger partial charge in [0.1, 0.15) is 5.82 Å². The van der Waals surface area contributed by atoms with E-state index in [2.05, 4.69) is 9.82 Å². The van der Waals surface area contributed by atoms with Crippen LogP contribution in [0.4, 0.5) is 10.1 Å². The molecular weight excluding hydrogens is 425 g/mol. The summed E-state index contributed by atoms with van der Waals surface area (Å²) in [5, 5.41) is 7.66. The van der Waals surface area contributed by atoms with Crippen LogP contribution in [-0.4, -0.2) is 31.3 Å². The number of rotatable bonds is 5. The number of thiophene rings is 1. The predicted octanol–water partition coefficient (Wildman–Crippen LogP) is 4.25. The lowest BCUT2D eigenvalue weighted by Gasteiger charge is -2.21. The van der Waals surface area contributed by atoms with Crippen molar-refractivity contribution >= 4 is 38.7 Å². The van der Waals surface area contributed by atoms with Gasteiger partial charge in [0.2, 0.25) is 10.0 Å². The predicted molar refractivity (Wildman–Crippen MR) is 116 cm³/mol. The van der Waals surface area contributed by atoms with Crippen LogP contribution in [0.2, 0.25) is 0 Å². The number of halogens is 1. The number of hydrogen-bond donors (Lipinski definition) is 1. The van der Waals surface area contributed by atoms with Gasteiger partial charge in [-0.3, -0.25) is 9.52 Å². The summed E-state index contributed by atoms with van der Waals surface area (Å²) in [7, 11) is -3.38. The summed E-state index contributed by atoms with van der Waals surface area (Å²) in [4.78, 5) is 13.5. The highest BCUT2D eigenvalue weighted by Gasteiger charge is 2.35. The average Bonchev–Trinajstić information content (AvgIpc) is 3.38. The minimum atomic E-state index is -3.38. The molecule has 9 heteroatoms. The third kappa shape index (κ3) is 4.27. The van der Waals surface area contributed by atoms with Crippen LogP contribution in [0.1, 0.15) is 33.3 Å². The Labute approximate surface area is 177 Å². The Morgan fingerprint density at radius 3 is 2.50 bits per heavy atom. The number of nitrogens with one attached hydrogen (secondary N) is 1. The number of benzene rings is 2. The fraction of sp³-hybridized carbons (Fsp3) is 0.143. The molecule has 1 amide bonds. The number of sulfonamides is 1. The van der Waals surface area contributed by atoms with Crippen LogP contribution in [0.5, 0.6) is 0 Å². The molecule has 0 saturated heterocycles. The second-order valence-corrected chi connectivity index (χ2v) is 9.56. The van der Waals surface area contributed by atoms with Gasteiger partial charge in [-0.25, -0.2) is 17.8 Å². The van der Waals surface area contributed by atoms with E-state index in [1.807, 2.05) is 0 Å². The maximum Gasteiger partial charge on any atom is 0.284 e. The van der Waals surface area contributed by atoms with E-state index in [0.717, 1.165) is 11.8 Å². The van der Waals surface area contributed by atoms with Gasteiger partial charge in [-0.1, -0.05) is 36.4 Å². The Morgan fingerprint density at radius 2 is 1.87 bits per heavy atom. The van der Waals surface area contributed by atoms with E-state index in [-0.39, 0.29) is 5.91 Å². The second-order valence-electron chi connectivity index (χ2n) is 6.87. The molecule has 1 aromatic heterocycles. The van der Waals surface area contributed by atoms with Gasteiger partial charge >= 0.3 is 0 Å². The summed E-state index contributed by atoms with van der Waals surface area (Å²) in [5.41, 5.74) is 2.18. The molecule has 2 heterocycles. The summed E-state index contributed by atoms with van der Waals surface area (Å²) >= 11 is 1.30. The van der Waals surface area contributed by atoms with E-state index in [9.17, 15) is 17.6 Å². The lowest BCUT2D eigenvalue weighted by molar-refractivity contribution is 0.0713. The summed E-state index contributed by atoms with van der Waals surface area (Å²) in [6.45, 7) is 0. The normalized spacial score (nSPS) is 16.4. The Bertz CT molecular complexity index is 1210. The van der Waals surface area contributed by atoms with Crippen molar-refractivity contribution in [3.05, 3.63) is 87.9 Å². The van der Waals surface area contributed by atoms with Crippen molar-refractivity contribution in [2.45, 2.75) is 12.5 Å². The highest BCUT2D eigenvalue weighted by Crippen LogP contribution is 2.35. The molecule has 1 unspecified atom stereocenters. The van der Waals surface area contributed by atoms with Crippen molar-refractivity contribution in [3.63, 3.8) is 0 Å². The van der Waals surface area contributed by atoms with Crippen molar-refractivity contribution < 1.29 is 17.6 Å². The topological polar surface area (TPSA) is 78.8 Å². The van der Waals surface area contributed by atoms with Crippen LogP contribution in [0, 0.1) is 5.82 Å². The number of hydrazone groups is 1. The largest absolute Gasteiger partial charge is 0.284 e. The average molecular weight is 444 g/mol. The number of carbonyl (C=O) groups is 1. The van der Waals surface area contributed by atoms with Gasteiger partial charge in [-0.2, -0.15) is 5.10 Å². The van der Waals surface area contributed by atoms with Gasteiger partial charge in [0.15, 0.2) is 0 Å². The molecule has 1 N–H and O–H groups in total. The number of carbonyl (C=O) groups excluding carboxylic acids is 1. The van der Waals surface area contributed by atoms with Gasteiger partial charge in [0.25, 0.3) is 5.91 Å². The van der Waals surface area contributed by atoms with Crippen LogP contribution in [-0.2, 0) is 10.0 Å². The van der Waals surface area contributed by atoms with Crippen LogP contribution < -0.4 is 4.72 Å². The molecule has 2 aromatic carbocycles. The van der Waals surface area contributed by atoms with Crippen LogP contribution in [0.25, 0.3) is 0 Å². The lowest BCUT2D eigenvalue weighted by atomic mass is 9.98. The third-order valence-corrected chi connectivity index (χ3v) is 6.10. The first-order chi connectivity index (χ1) is 14.3. The van der Waals surface area contributed by atoms with Crippen molar-refractivity contribution in [1.29, 1.82) is 0 Å². The highest BCUT2D eigenvalue weighted by atomic mass is 32.2. The molecule has 0 fully saturated rings. The lowest BCUT2D eigenvalue weighted by Crippen LogP contribution is -2.27. The third-order valence-electron chi connectivity index (χ3n) is 4.64. The Kier molecular flexibility index (Phi) is 5.40. The first-order valence-corrected chi connectivity index (χ1v) is 11.9. The van der Waals surface area contributed by atoms with Crippen molar-refractivity contribution in [1.82, 2.24) is 5.01 Å².